The maximum absolute atomic E-state index is 2.28. The van der Waals surface area contributed by atoms with E-state index in [1.165, 1.54) is 6.42 Å². The smallest absolute Gasteiger partial charge is 0.0245 e. The summed E-state index contributed by atoms with van der Waals surface area (Å²) in [4.78, 5) is 0. The van der Waals surface area contributed by atoms with E-state index in [0.717, 1.165) is 12.5 Å². The molecule has 0 spiro atoms. The van der Waals surface area contributed by atoms with E-state index in [4.69, 9.17) is 0 Å². The summed E-state index contributed by atoms with van der Waals surface area (Å²) in [5, 5.41) is 0. The van der Waals surface area contributed by atoms with Gasteiger partial charge in [0.05, 0.1) is 0 Å². The van der Waals surface area contributed by atoms with Gasteiger partial charge in [-0.25, -0.2) is 0 Å². The van der Waals surface area contributed by atoms with Crippen LogP contribution in [0.1, 0.15) is 20.3 Å². The molecule has 1 aromatic rings. The molecule has 1 unspecified atom stereocenters. The van der Waals surface area contributed by atoms with E-state index in [-0.39, 0.29) is 0 Å². The fourth-order valence-electron chi connectivity index (χ4n) is 0.981. The van der Waals surface area contributed by atoms with Crippen LogP contribution < -0.4 is 0 Å². The summed E-state index contributed by atoms with van der Waals surface area (Å²) in [5.41, 5.74) is 0. The first kappa shape index (κ1) is 7.39. The van der Waals surface area contributed by atoms with Gasteiger partial charge < -0.3 is 4.57 Å². The van der Waals surface area contributed by atoms with E-state index in [9.17, 15) is 0 Å². The summed E-state index contributed by atoms with van der Waals surface area (Å²) in [7, 11) is 0. The molecule has 0 saturated carbocycles. The molecule has 1 nitrogen and oxygen atoms in total. The van der Waals surface area contributed by atoms with E-state index in [0.29, 0.717) is 0 Å². The van der Waals surface area contributed by atoms with E-state index in [2.05, 4.69) is 42.9 Å². The van der Waals surface area contributed by atoms with Crippen LogP contribution in [0.2, 0.25) is 0 Å². The highest BCUT2D eigenvalue weighted by Crippen LogP contribution is 2.04. The van der Waals surface area contributed by atoms with Gasteiger partial charge in [0.1, 0.15) is 0 Å². The highest BCUT2D eigenvalue weighted by molar-refractivity contribution is 4.90. The Morgan fingerprint density at radius 3 is 2.40 bits per heavy atom. The van der Waals surface area contributed by atoms with Crippen LogP contribution in [0.3, 0.4) is 0 Å². The van der Waals surface area contributed by atoms with Gasteiger partial charge >= 0.3 is 0 Å². The van der Waals surface area contributed by atoms with Crippen LogP contribution in [-0.4, -0.2) is 4.57 Å². The molecule has 1 rings (SSSR count). The molecule has 0 aliphatic rings. The van der Waals surface area contributed by atoms with Crippen LogP contribution in [0.5, 0.6) is 0 Å². The predicted molar refractivity (Wildman–Crippen MR) is 43.9 cm³/mol. The molecule has 0 aromatic carbocycles. The first-order valence-electron chi connectivity index (χ1n) is 3.93. The molecule has 0 amide bonds. The number of nitrogens with zero attached hydrogens (tertiary/aromatic N) is 1. The second kappa shape index (κ2) is 3.45. The molecule has 0 saturated heterocycles. The Hall–Kier alpha value is -0.720. The molecule has 1 atom stereocenters. The van der Waals surface area contributed by atoms with E-state index < -0.39 is 0 Å². The number of hydrogen-bond acceptors (Lipinski definition) is 0. The molecule has 10 heavy (non-hydrogen) atoms. The Morgan fingerprint density at radius 1 is 1.30 bits per heavy atom. The van der Waals surface area contributed by atoms with Crippen LogP contribution in [0.4, 0.5) is 0 Å². The zero-order valence-corrected chi connectivity index (χ0v) is 6.75. The van der Waals surface area contributed by atoms with Gasteiger partial charge in [-0.1, -0.05) is 20.3 Å². The Morgan fingerprint density at radius 2 is 1.90 bits per heavy atom. The van der Waals surface area contributed by atoms with Gasteiger partial charge in [0, 0.05) is 18.9 Å². The third-order valence-electron chi connectivity index (χ3n) is 1.89. The highest BCUT2D eigenvalue weighted by atomic mass is 14.9. The SMILES string of the molecule is CCC(C)Cn1cccc1. The summed E-state index contributed by atoms with van der Waals surface area (Å²) in [6.45, 7) is 5.66. The normalized spacial score (nSPS) is 13.4. The molecule has 0 fully saturated rings. The average Bonchev–Trinajstić information content (AvgIpc) is 2.40. The number of aromatic nitrogens is 1. The highest BCUT2D eigenvalue weighted by Gasteiger charge is 1.97. The third-order valence-corrected chi connectivity index (χ3v) is 1.89. The van der Waals surface area contributed by atoms with Crippen molar-refractivity contribution in [3.8, 4) is 0 Å². The van der Waals surface area contributed by atoms with Crippen molar-refractivity contribution in [2.24, 2.45) is 5.92 Å². The summed E-state index contributed by atoms with van der Waals surface area (Å²) < 4.78 is 2.23. The van der Waals surface area contributed by atoms with Crippen molar-refractivity contribution in [3.63, 3.8) is 0 Å². The Balaban J connectivity index is 2.40. The molecule has 0 aliphatic carbocycles. The maximum Gasteiger partial charge on any atom is 0.0245 e. The zero-order valence-electron chi connectivity index (χ0n) is 6.75. The van der Waals surface area contributed by atoms with Crippen molar-refractivity contribution in [1.82, 2.24) is 4.57 Å². The zero-order chi connectivity index (χ0) is 7.40. The summed E-state index contributed by atoms with van der Waals surface area (Å²) in [5.74, 6) is 0.799. The molecule has 0 bridgehead atoms. The largest absolute Gasteiger partial charge is 0.354 e. The third kappa shape index (κ3) is 1.90. The van der Waals surface area contributed by atoms with Crippen molar-refractivity contribution in [2.45, 2.75) is 26.8 Å². The quantitative estimate of drug-likeness (QED) is 0.603. The van der Waals surface area contributed by atoms with Crippen LogP contribution >= 0.6 is 0 Å². The lowest BCUT2D eigenvalue weighted by Gasteiger charge is -2.08. The first-order chi connectivity index (χ1) is 4.83. The van der Waals surface area contributed by atoms with Gasteiger partial charge in [0.25, 0.3) is 0 Å². The molecule has 0 aliphatic heterocycles. The predicted octanol–water partition coefficient (Wildman–Crippen LogP) is 2.53. The van der Waals surface area contributed by atoms with Gasteiger partial charge in [0.2, 0.25) is 0 Å². The Labute approximate surface area is 62.7 Å². The summed E-state index contributed by atoms with van der Waals surface area (Å²) in [6, 6.07) is 4.14. The van der Waals surface area contributed by atoms with E-state index in [1.807, 2.05) is 0 Å². The van der Waals surface area contributed by atoms with Gasteiger partial charge in [-0.3, -0.25) is 0 Å². The lowest BCUT2D eigenvalue weighted by molar-refractivity contribution is 0.470. The van der Waals surface area contributed by atoms with Gasteiger partial charge in [-0.05, 0) is 18.1 Å². The molecular formula is C9H15N. The van der Waals surface area contributed by atoms with Crippen molar-refractivity contribution in [3.05, 3.63) is 24.5 Å². The summed E-state index contributed by atoms with van der Waals surface area (Å²) >= 11 is 0. The maximum atomic E-state index is 2.28. The number of rotatable bonds is 3. The first-order valence-corrected chi connectivity index (χ1v) is 3.93. The molecule has 0 N–H and O–H groups in total. The van der Waals surface area contributed by atoms with Crippen LogP contribution in [0.25, 0.3) is 0 Å². The van der Waals surface area contributed by atoms with Gasteiger partial charge in [-0.2, -0.15) is 0 Å². The second-order valence-corrected chi connectivity index (χ2v) is 2.89. The molecule has 1 heteroatoms. The minimum atomic E-state index is 0.799. The fourth-order valence-corrected chi connectivity index (χ4v) is 0.981. The molecular weight excluding hydrogens is 122 g/mol. The van der Waals surface area contributed by atoms with Crippen molar-refractivity contribution < 1.29 is 0 Å². The fraction of sp³-hybridized carbons (Fsp3) is 0.556. The molecule has 0 radical (unpaired) electrons. The van der Waals surface area contributed by atoms with Crippen molar-refractivity contribution in [1.29, 1.82) is 0 Å². The minimum Gasteiger partial charge on any atom is -0.354 e. The van der Waals surface area contributed by atoms with Crippen molar-refractivity contribution in [2.75, 3.05) is 0 Å². The Kier molecular flexibility index (Phi) is 2.55. The molecule has 1 heterocycles. The Bertz CT molecular complexity index is 165. The van der Waals surface area contributed by atoms with Crippen molar-refractivity contribution >= 4 is 0 Å². The van der Waals surface area contributed by atoms with Gasteiger partial charge in [0.15, 0.2) is 0 Å². The summed E-state index contributed by atoms with van der Waals surface area (Å²) in [6.07, 6.45) is 5.50. The lowest BCUT2D eigenvalue weighted by Crippen LogP contribution is -2.03. The van der Waals surface area contributed by atoms with Crippen LogP contribution in [0.15, 0.2) is 24.5 Å². The second-order valence-electron chi connectivity index (χ2n) is 2.89. The molecule has 56 valence electrons. The minimum absolute atomic E-state index is 0.799. The topological polar surface area (TPSA) is 4.93 Å². The van der Waals surface area contributed by atoms with Crippen LogP contribution in [0, 0.1) is 5.92 Å². The monoisotopic (exact) mass is 137 g/mol. The number of hydrogen-bond donors (Lipinski definition) is 0. The standard InChI is InChI=1S/C9H15N/c1-3-9(2)8-10-6-4-5-7-10/h4-7,9H,3,8H2,1-2H3. The van der Waals surface area contributed by atoms with E-state index in [1.54, 1.807) is 0 Å². The van der Waals surface area contributed by atoms with Crippen LogP contribution in [-0.2, 0) is 6.54 Å². The molecule has 1 aromatic heterocycles. The average molecular weight is 137 g/mol. The van der Waals surface area contributed by atoms with Gasteiger partial charge in [-0.15, -0.1) is 0 Å². The lowest BCUT2D eigenvalue weighted by atomic mass is 10.1. The van der Waals surface area contributed by atoms with E-state index >= 15 is 0 Å².